The van der Waals surface area contributed by atoms with Crippen molar-refractivity contribution in [3.05, 3.63) is 0 Å². The molecule has 0 aromatic rings. The maximum Gasteiger partial charge on any atom is 0.120 e. The Bertz CT molecular complexity index is 126. The van der Waals surface area contributed by atoms with Crippen LogP contribution in [0, 0.1) is 0 Å². The summed E-state index contributed by atoms with van der Waals surface area (Å²) in [6.07, 6.45) is 1.21. The first kappa shape index (κ1) is 9.92. The van der Waals surface area contributed by atoms with Crippen LogP contribution in [-0.4, -0.2) is 37.1 Å². The molecule has 1 fully saturated rings. The zero-order valence-electron chi connectivity index (χ0n) is 7.82. The highest BCUT2D eigenvalue weighted by Gasteiger charge is 2.20. The van der Waals surface area contributed by atoms with E-state index in [1.165, 1.54) is 0 Å². The van der Waals surface area contributed by atoms with E-state index in [-0.39, 0.29) is 12.3 Å². The van der Waals surface area contributed by atoms with Crippen molar-refractivity contribution in [2.75, 3.05) is 19.8 Å². The van der Waals surface area contributed by atoms with Gasteiger partial charge in [0.05, 0.1) is 12.7 Å². The molecular weight excluding hydrogens is 156 g/mol. The molecule has 4 nitrogen and oxygen atoms in total. The fourth-order valence-electron chi connectivity index (χ4n) is 1.23. The number of nitrogens with zero attached hydrogens (tertiary/aromatic N) is 1. The van der Waals surface area contributed by atoms with Gasteiger partial charge in [-0.2, -0.15) is 0 Å². The fourth-order valence-corrected chi connectivity index (χ4v) is 1.23. The van der Waals surface area contributed by atoms with Gasteiger partial charge in [-0.25, -0.2) is 5.01 Å². The van der Waals surface area contributed by atoms with Crippen LogP contribution in [0.5, 0.6) is 0 Å². The van der Waals surface area contributed by atoms with Crippen molar-refractivity contribution < 1.29 is 9.47 Å². The Morgan fingerprint density at radius 2 is 2.50 bits per heavy atom. The third-order valence-electron chi connectivity index (χ3n) is 2.11. The van der Waals surface area contributed by atoms with Crippen molar-refractivity contribution in [2.24, 2.45) is 5.84 Å². The molecule has 1 aliphatic heterocycles. The maximum absolute atomic E-state index is 5.66. The third-order valence-corrected chi connectivity index (χ3v) is 2.11. The van der Waals surface area contributed by atoms with Crippen molar-refractivity contribution >= 4 is 0 Å². The summed E-state index contributed by atoms with van der Waals surface area (Å²) in [7, 11) is 0. The summed E-state index contributed by atoms with van der Waals surface area (Å²) in [5.41, 5.74) is 0. The molecule has 1 heterocycles. The van der Waals surface area contributed by atoms with E-state index < -0.39 is 0 Å². The molecule has 0 saturated carbocycles. The average molecular weight is 174 g/mol. The molecule has 1 unspecified atom stereocenters. The Hall–Kier alpha value is -0.160. The van der Waals surface area contributed by atoms with E-state index in [9.17, 15) is 0 Å². The second kappa shape index (κ2) is 4.77. The van der Waals surface area contributed by atoms with Crippen LogP contribution in [0.2, 0.25) is 0 Å². The first-order valence-corrected chi connectivity index (χ1v) is 4.48. The molecule has 0 bridgehead atoms. The minimum atomic E-state index is -0.0123. The van der Waals surface area contributed by atoms with E-state index in [1.54, 1.807) is 5.01 Å². The molecule has 4 heteroatoms. The van der Waals surface area contributed by atoms with Gasteiger partial charge in [0.2, 0.25) is 0 Å². The second-order valence-electron chi connectivity index (χ2n) is 3.05. The molecule has 2 N–H and O–H groups in total. The number of ether oxygens (including phenoxy) is 2. The Morgan fingerprint density at radius 1 is 1.75 bits per heavy atom. The van der Waals surface area contributed by atoms with Crippen LogP contribution in [0.4, 0.5) is 0 Å². The fraction of sp³-hybridized carbons (Fsp3) is 1.00. The lowest BCUT2D eigenvalue weighted by atomic mass is 10.3. The molecule has 0 spiro atoms. The molecule has 2 atom stereocenters. The molecule has 0 amide bonds. The molecule has 72 valence electrons. The lowest BCUT2D eigenvalue weighted by molar-refractivity contribution is -0.0885. The summed E-state index contributed by atoms with van der Waals surface area (Å²) in [6.45, 7) is 6.29. The van der Waals surface area contributed by atoms with Crippen LogP contribution < -0.4 is 5.84 Å². The summed E-state index contributed by atoms with van der Waals surface area (Å²) in [4.78, 5) is 0. The largest absolute Gasteiger partial charge is 0.379 e. The van der Waals surface area contributed by atoms with E-state index in [4.69, 9.17) is 15.3 Å². The van der Waals surface area contributed by atoms with E-state index in [1.807, 2.05) is 13.8 Å². The molecule has 12 heavy (non-hydrogen) atoms. The summed E-state index contributed by atoms with van der Waals surface area (Å²) >= 11 is 0. The highest BCUT2D eigenvalue weighted by Crippen LogP contribution is 2.11. The number of hydrogen-bond acceptors (Lipinski definition) is 4. The first-order chi connectivity index (χ1) is 5.74. The quantitative estimate of drug-likeness (QED) is 0.379. The number of hydrazine groups is 1. The Morgan fingerprint density at radius 3 is 3.00 bits per heavy atom. The van der Waals surface area contributed by atoms with Crippen LogP contribution in [0.1, 0.15) is 20.3 Å². The zero-order chi connectivity index (χ0) is 8.97. The van der Waals surface area contributed by atoms with Gasteiger partial charge in [0.25, 0.3) is 0 Å². The van der Waals surface area contributed by atoms with Gasteiger partial charge in [0, 0.05) is 13.2 Å². The van der Waals surface area contributed by atoms with E-state index in [0.29, 0.717) is 6.61 Å². The van der Waals surface area contributed by atoms with Crippen molar-refractivity contribution in [1.82, 2.24) is 5.01 Å². The van der Waals surface area contributed by atoms with Gasteiger partial charge in [-0.1, -0.05) is 6.92 Å². The summed E-state index contributed by atoms with van der Waals surface area (Å²) in [5, 5.41) is 1.68. The zero-order valence-corrected chi connectivity index (χ0v) is 7.82. The third kappa shape index (κ3) is 2.71. The normalized spacial score (nSPS) is 26.5. The van der Waals surface area contributed by atoms with Crippen molar-refractivity contribution in [2.45, 2.75) is 32.6 Å². The summed E-state index contributed by atoms with van der Waals surface area (Å²) in [6, 6.07) is 0. The van der Waals surface area contributed by atoms with E-state index >= 15 is 0 Å². The summed E-state index contributed by atoms with van der Waals surface area (Å²) < 4.78 is 10.8. The highest BCUT2D eigenvalue weighted by atomic mass is 16.6. The van der Waals surface area contributed by atoms with Crippen molar-refractivity contribution in [3.8, 4) is 0 Å². The highest BCUT2D eigenvalue weighted by molar-refractivity contribution is 4.64. The Balaban J connectivity index is 2.19. The smallest absolute Gasteiger partial charge is 0.120 e. The molecule has 1 aliphatic rings. The molecule has 0 aliphatic carbocycles. The van der Waals surface area contributed by atoms with Gasteiger partial charge in [-0.15, -0.1) is 0 Å². The van der Waals surface area contributed by atoms with E-state index in [2.05, 4.69) is 0 Å². The lowest BCUT2D eigenvalue weighted by Crippen LogP contribution is -2.42. The maximum atomic E-state index is 5.66. The molecule has 0 aromatic heterocycles. The van der Waals surface area contributed by atoms with Gasteiger partial charge in [-0.05, 0) is 13.3 Å². The Kier molecular flexibility index (Phi) is 3.94. The minimum absolute atomic E-state index is 0.0123. The minimum Gasteiger partial charge on any atom is -0.379 e. The number of nitrogens with two attached hydrogens (primary N) is 1. The molecule has 0 radical (unpaired) electrons. The molecule has 1 saturated heterocycles. The standard InChI is InChI=1S/C8H18N2O2/c1-3-10(9)7(2)12-8-4-5-11-6-8/h7-8H,3-6,9H2,1-2H3/t7-,8?/m1/s1. The molecule has 0 aromatic carbocycles. The van der Waals surface area contributed by atoms with Crippen molar-refractivity contribution in [3.63, 3.8) is 0 Å². The van der Waals surface area contributed by atoms with Crippen LogP contribution in [0.3, 0.4) is 0 Å². The molecular formula is C8H18N2O2. The van der Waals surface area contributed by atoms with Gasteiger partial charge in [0.15, 0.2) is 0 Å². The van der Waals surface area contributed by atoms with Crippen LogP contribution in [0.15, 0.2) is 0 Å². The molecule has 1 rings (SSSR count). The van der Waals surface area contributed by atoms with Gasteiger partial charge in [0.1, 0.15) is 6.23 Å². The lowest BCUT2D eigenvalue weighted by Gasteiger charge is -2.25. The first-order valence-electron chi connectivity index (χ1n) is 4.48. The average Bonchev–Trinajstić information content (AvgIpc) is 2.55. The van der Waals surface area contributed by atoms with E-state index in [0.717, 1.165) is 19.6 Å². The van der Waals surface area contributed by atoms with Crippen LogP contribution in [0.25, 0.3) is 0 Å². The second-order valence-corrected chi connectivity index (χ2v) is 3.05. The SMILES string of the molecule is CCN(N)[C@@H](C)OC1CCOC1. The number of hydrogen-bond donors (Lipinski definition) is 1. The van der Waals surface area contributed by atoms with Gasteiger partial charge in [-0.3, -0.25) is 5.84 Å². The van der Waals surface area contributed by atoms with Gasteiger partial charge >= 0.3 is 0 Å². The predicted octanol–water partition coefficient (Wildman–Crippen LogP) is 0.333. The predicted molar refractivity (Wildman–Crippen MR) is 46.3 cm³/mol. The van der Waals surface area contributed by atoms with Crippen LogP contribution in [-0.2, 0) is 9.47 Å². The topological polar surface area (TPSA) is 47.7 Å². The number of rotatable bonds is 4. The monoisotopic (exact) mass is 174 g/mol. The van der Waals surface area contributed by atoms with Crippen molar-refractivity contribution in [1.29, 1.82) is 0 Å². The summed E-state index contributed by atoms with van der Waals surface area (Å²) in [5.74, 6) is 5.66. The van der Waals surface area contributed by atoms with Crippen LogP contribution >= 0.6 is 0 Å². The van der Waals surface area contributed by atoms with Gasteiger partial charge < -0.3 is 9.47 Å². The Labute approximate surface area is 73.6 Å².